The van der Waals surface area contributed by atoms with Crippen molar-refractivity contribution in [3.8, 4) is 0 Å². The molecule has 0 aliphatic carbocycles. The first-order valence-electron chi connectivity index (χ1n) is 7.25. The van der Waals surface area contributed by atoms with Crippen molar-refractivity contribution in [3.05, 3.63) is 34.5 Å². The fraction of sp³-hybridized carbons (Fsp3) is 0.438. The van der Waals surface area contributed by atoms with Crippen LogP contribution in [0.3, 0.4) is 0 Å². The zero-order valence-corrected chi connectivity index (χ0v) is 14.3. The molecular weight excluding hydrogens is 323 g/mol. The van der Waals surface area contributed by atoms with Crippen LogP contribution >= 0.6 is 24.0 Å². The van der Waals surface area contributed by atoms with Crippen LogP contribution < -0.4 is 5.32 Å². The molecule has 1 aliphatic rings. The van der Waals surface area contributed by atoms with Gasteiger partial charge in [0.05, 0.1) is 0 Å². The van der Waals surface area contributed by atoms with Gasteiger partial charge in [-0.3, -0.25) is 4.79 Å². The fourth-order valence-corrected chi connectivity index (χ4v) is 3.08. The molecule has 2 heterocycles. The summed E-state index contributed by atoms with van der Waals surface area (Å²) in [6.07, 6.45) is 1.96. The lowest BCUT2D eigenvalue weighted by atomic mass is 10.0. The van der Waals surface area contributed by atoms with Gasteiger partial charge in [-0.05, 0) is 45.0 Å². The lowest BCUT2D eigenvalue weighted by Gasteiger charge is -2.31. The molecule has 0 bridgehead atoms. The van der Waals surface area contributed by atoms with E-state index >= 15 is 0 Å². The molecule has 0 unspecified atom stereocenters. The number of likely N-dealkylation sites (tertiary alicyclic amines) is 1. The van der Waals surface area contributed by atoms with Crippen LogP contribution in [0.1, 0.15) is 29.0 Å². The van der Waals surface area contributed by atoms with Gasteiger partial charge in [0.1, 0.15) is 5.58 Å². The minimum absolute atomic E-state index is 0. The van der Waals surface area contributed by atoms with Gasteiger partial charge in [0, 0.05) is 35.1 Å². The second-order valence-electron chi connectivity index (χ2n) is 5.55. The number of carbonyl (C=O) groups excluding carboxylic acids is 1. The summed E-state index contributed by atoms with van der Waals surface area (Å²) < 4.78 is 5.76. The highest BCUT2D eigenvalue weighted by atomic mass is 35.5. The van der Waals surface area contributed by atoms with E-state index in [1.165, 1.54) is 0 Å². The number of rotatable bonds is 2. The van der Waals surface area contributed by atoms with Gasteiger partial charge in [-0.15, -0.1) is 12.4 Å². The van der Waals surface area contributed by atoms with Gasteiger partial charge in [-0.2, -0.15) is 0 Å². The van der Waals surface area contributed by atoms with Crippen LogP contribution in [0.2, 0.25) is 5.02 Å². The number of aryl methyl sites for hydroxylation is 1. The lowest BCUT2D eigenvalue weighted by Crippen LogP contribution is -2.44. The Labute approximate surface area is 141 Å². The molecule has 22 heavy (non-hydrogen) atoms. The van der Waals surface area contributed by atoms with E-state index in [9.17, 15) is 4.79 Å². The number of hydrogen-bond donors (Lipinski definition) is 1. The minimum atomic E-state index is -0.0191. The highest BCUT2D eigenvalue weighted by Crippen LogP contribution is 2.29. The molecule has 0 saturated carbocycles. The molecule has 6 heteroatoms. The van der Waals surface area contributed by atoms with Crippen molar-refractivity contribution in [2.45, 2.75) is 25.8 Å². The second-order valence-corrected chi connectivity index (χ2v) is 5.99. The number of piperidine rings is 1. The molecular formula is C16H20Cl2N2O2. The summed E-state index contributed by atoms with van der Waals surface area (Å²) in [7, 11) is 1.97. The van der Waals surface area contributed by atoms with E-state index in [4.69, 9.17) is 16.0 Å². The fourth-order valence-electron chi connectivity index (χ4n) is 2.91. The summed E-state index contributed by atoms with van der Waals surface area (Å²) >= 11 is 6.02. The lowest BCUT2D eigenvalue weighted by molar-refractivity contribution is 0.0676. The quantitative estimate of drug-likeness (QED) is 0.906. The van der Waals surface area contributed by atoms with Gasteiger partial charge >= 0.3 is 0 Å². The number of carbonyl (C=O) groups is 1. The molecule has 1 aromatic heterocycles. The number of furan rings is 1. The van der Waals surface area contributed by atoms with Gasteiger partial charge in [-0.1, -0.05) is 11.6 Å². The number of fused-ring (bicyclic) bond motifs is 1. The third-order valence-electron chi connectivity index (χ3n) is 4.28. The Bertz CT molecular complexity index is 676. The van der Waals surface area contributed by atoms with Crippen LogP contribution in [0.4, 0.5) is 0 Å². The Morgan fingerprint density at radius 2 is 2.05 bits per heavy atom. The summed E-state index contributed by atoms with van der Waals surface area (Å²) in [5, 5.41) is 4.83. The molecule has 1 N–H and O–H groups in total. The van der Waals surface area contributed by atoms with E-state index in [0.717, 1.165) is 36.9 Å². The molecule has 0 atom stereocenters. The van der Waals surface area contributed by atoms with Crippen LogP contribution in [-0.2, 0) is 0 Å². The van der Waals surface area contributed by atoms with Crippen molar-refractivity contribution >= 4 is 40.9 Å². The van der Waals surface area contributed by atoms with E-state index in [1.807, 2.05) is 31.0 Å². The number of halogens is 2. The van der Waals surface area contributed by atoms with Gasteiger partial charge in [0.25, 0.3) is 5.91 Å². The highest BCUT2D eigenvalue weighted by Gasteiger charge is 2.27. The Hall–Kier alpha value is -1.23. The van der Waals surface area contributed by atoms with Gasteiger partial charge in [0.2, 0.25) is 0 Å². The molecule has 120 valence electrons. The largest absolute Gasteiger partial charge is 0.451 e. The smallest absolute Gasteiger partial charge is 0.289 e. The first-order chi connectivity index (χ1) is 10.1. The third kappa shape index (κ3) is 3.09. The second kappa shape index (κ2) is 6.90. The van der Waals surface area contributed by atoms with Crippen LogP contribution in [0, 0.1) is 6.92 Å². The molecule has 1 fully saturated rings. The summed E-state index contributed by atoms with van der Waals surface area (Å²) in [6, 6.07) is 5.94. The van der Waals surface area contributed by atoms with Crippen molar-refractivity contribution in [2.24, 2.45) is 0 Å². The zero-order valence-electron chi connectivity index (χ0n) is 12.7. The predicted octanol–water partition coefficient (Wildman–Crippen LogP) is 3.64. The summed E-state index contributed by atoms with van der Waals surface area (Å²) in [5.41, 5.74) is 1.58. The summed E-state index contributed by atoms with van der Waals surface area (Å²) in [6.45, 7) is 3.44. The number of amides is 1. The molecule has 3 rings (SSSR count). The van der Waals surface area contributed by atoms with Crippen LogP contribution in [-0.4, -0.2) is 37.0 Å². The van der Waals surface area contributed by atoms with E-state index in [0.29, 0.717) is 22.4 Å². The van der Waals surface area contributed by atoms with Crippen molar-refractivity contribution in [2.75, 3.05) is 20.1 Å². The van der Waals surface area contributed by atoms with Crippen molar-refractivity contribution in [1.82, 2.24) is 10.2 Å². The predicted molar refractivity (Wildman–Crippen MR) is 91.2 cm³/mol. The SMILES string of the molecule is CNC1CCN(C(=O)c2oc3ccc(Cl)cc3c2C)CC1.Cl. The van der Waals surface area contributed by atoms with Crippen molar-refractivity contribution in [1.29, 1.82) is 0 Å². The number of nitrogens with one attached hydrogen (secondary N) is 1. The van der Waals surface area contributed by atoms with E-state index in [2.05, 4.69) is 5.32 Å². The first-order valence-corrected chi connectivity index (χ1v) is 7.63. The van der Waals surface area contributed by atoms with Gasteiger partial charge in [0.15, 0.2) is 5.76 Å². The number of benzene rings is 1. The summed E-state index contributed by atoms with van der Waals surface area (Å²) in [5.74, 6) is 0.421. The standard InChI is InChI=1S/C16H19ClN2O2.ClH/c1-10-13-9-11(17)3-4-14(13)21-15(10)16(20)19-7-5-12(18-2)6-8-19;/h3-4,9,12,18H,5-8H2,1-2H3;1H. The Balaban J connectivity index is 0.00000176. The van der Waals surface area contributed by atoms with Gasteiger partial charge < -0.3 is 14.6 Å². The maximum Gasteiger partial charge on any atom is 0.289 e. The topological polar surface area (TPSA) is 45.5 Å². The highest BCUT2D eigenvalue weighted by molar-refractivity contribution is 6.31. The van der Waals surface area contributed by atoms with Crippen molar-refractivity contribution < 1.29 is 9.21 Å². The van der Waals surface area contributed by atoms with Crippen LogP contribution in [0.15, 0.2) is 22.6 Å². The molecule has 1 aliphatic heterocycles. The van der Waals surface area contributed by atoms with Gasteiger partial charge in [-0.25, -0.2) is 0 Å². The molecule has 1 aromatic carbocycles. The minimum Gasteiger partial charge on any atom is -0.451 e. The summed E-state index contributed by atoms with van der Waals surface area (Å²) in [4.78, 5) is 14.5. The number of nitrogens with zero attached hydrogens (tertiary/aromatic N) is 1. The van der Waals surface area contributed by atoms with E-state index < -0.39 is 0 Å². The normalized spacial score (nSPS) is 15.9. The zero-order chi connectivity index (χ0) is 15.0. The maximum atomic E-state index is 12.6. The monoisotopic (exact) mass is 342 g/mol. The Morgan fingerprint density at radius 3 is 2.68 bits per heavy atom. The Morgan fingerprint density at radius 1 is 1.36 bits per heavy atom. The molecule has 1 saturated heterocycles. The third-order valence-corrected chi connectivity index (χ3v) is 4.52. The maximum absolute atomic E-state index is 12.6. The average molecular weight is 343 g/mol. The first kappa shape index (κ1) is 17.1. The van der Waals surface area contributed by atoms with E-state index in [1.54, 1.807) is 6.07 Å². The molecule has 4 nitrogen and oxygen atoms in total. The molecule has 0 spiro atoms. The average Bonchev–Trinajstić information content (AvgIpc) is 2.83. The number of hydrogen-bond acceptors (Lipinski definition) is 3. The Kier molecular flexibility index (Phi) is 5.37. The van der Waals surface area contributed by atoms with Crippen LogP contribution in [0.5, 0.6) is 0 Å². The molecule has 2 aromatic rings. The molecule has 0 radical (unpaired) electrons. The van der Waals surface area contributed by atoms with E-state index in [-0.39, 0.29) is 18.3 Å². The molecule has 1 amide bonds. The van der Waals surface area contributed by atoms with Crippen molar-refractivity contribution in [3.63, 3.8) is 0 Å². The van der Waals surface area contributed by atoms with Crippen LogP contribution in [0.25, 0.3) is 11.0 Å².